The van der Waals surface area contributed by atoms with Gasteiger partial charge in [-0.05, 0) is 51.4 Å². The summed E-state index contributed by atoms with van der Waals surface area (Å²) in [6.07, 6.45) is -37.0. The van der Waals surface area contributed by atoms with Crippen LogP contribution in [0.4, 0.5) is 4.79 Å². The van der Waals surface area contributed by atoms with E-state index in [0.717, 1.165) is 57.4 Å². The van der Waals surface area contributed by atoms with Gasteiger partial charge in [-0.3, -0.25) is 28.2 Å². The Kier molecular flexibility index (Phi) is 34.2. The number of hydrogen-bond acceptors (Lipinski definition) is 31. The smallest absolute Gasteiger partial charge is 0.474 e. The standard InChI is InChI=1S/C61H107N6O32P/c1-26(2)13-10-14-27(3)15-11-16-28(4)17-12-18-29(5)19-20-65-21-22-87-35(54(81)82)25-89-100(85,86)99-59-49(50(98-60(64)83)61(9,84)51(97-59)53(63)80)96-56-37(67-32(8)70)40(73)47(34(92-56)24-88-57-44(77)41(74)38(71)33(23-68)91-57)94-55-36(66-31(7)69)39(72)46(30(6)90-55)93-58-45(78)42(75)43(76)48(95-58)52(62)79/h19,26-28,30,33-51,55-59,65,68,71-78,84H,10-18,20-25H2,1-9H3,(H2,62,79)(H2,63,80)(H2,64,83)(H,66,69)(H,67,70)(H,81,82)(H,85,86)/b29-19-/t27?,28?,30-,33-,34-,35-,36-,37-,38-,39-,40-,41+,42+,43-,44-,45-,46-,47-,48+,49-,50-,51-,55+,56+,57-,58-,59-,61+/m1/s1. The molecule has 29 atom stereocenters. The fraction of sp³-hybridized carbons (Fsp3) is 0.869. The van der Waals surface area contributed by atoms with Crippen molar-refractivity contribution in [1.82, 2.24) is 16.0 Å². The van der Waals surface area contributed by atoms with Crippen molar-refractivity contribution in [2.45, 2.75) is 279 Å². The lowest BCUT2D eigenvalue weighted by Gasteiger charge is -2.52. The zero-order valence-corrected chi connectivity index (χ0v) is 58.5. The maximum absolute atomic E-state index is 14.0. The van der Waals surface area contributed by atoms with Crippen molar-refractivity contribution < 1.29 is 156 Å². The second-order valence-corrected chi connectivity index (χ2v) is 28.3. The summed E-state index contributed by atoms with van der Waals surface area (Å²) in [6.45, 7) is 12.1. The minimum Gasteiger partial charge on any atom is -0.479 e. The average molecular weight is 1470 g/mol. The Balaban J connectivity index is 1.38. The third-order valence-corrected chi connectivity index (χ3v) is 18.8. The molecule has 0 aromatic rings. The van der Waals surface area contributed by atoms with Gasteiger partial charge in [0.15, 0.2) is 62.0 Å². The summed E-state index contributed by atoms with van der Waals surface area (Å²) in [5.74, 6) is -4.33. The van der Waals surface area contributed by atoms with Gasteiger partial charge in [0.2, 0.25) is 23.6 Å². The van der Waals surface area contributed by atoms with Crippen LogP contribution in [0.25, 0.3) is 0 Å². The lowest BCUT2D eigenvalue weighted by Crippen LogP contribution is -2.72. The van der Waals surface area contributed by atoms with Crippen LogP contribution in [0.3, 0.4) is 0 Å². The van der Waals surface area contributed by atoms with Crippen LogP contribution >= 0.6 is 7.82 Å². The SMILES string of the molecule is CC(=O)N[C@H]1[C@H](O[C@H]2[C@H](O)[C@@H](NC(C)=O)[C@H](O[C@H]3[C@@H](OP(=O)(O)OC[C@@H](OCCNC/C=C(/C)CCCC(C)CCCC(C)CCCC(C)C)C(=O)O)O[C@H](C(N)=O)[C@@](C)(O)[C@@H]3OC(N)=O)O[C@@H]2CO[C@@H]2O[C@H](CO)[C@@H](O)[C@H](O)[C@H]2O)O[C@H](C)[C@@H](O[C@@H]2O[C@H](C(N)=O)[C@H](O)[C@H](O)[C@H]2O)[C@@H]1O. The number of ether oxygens (including phenoxy) is 11. The molecular weight excluding hydrogens is 1360 g/mol. The molecule has 5 saturated heterocycles. The number of carbonyl (C=O) groups is 6. The normalized spacial score (nSPS) is 37.3. The molecule has 5 heterocycles. The van der Waals surface area contributed by atoms with E-state index < -0.39 is 222 Å². The maximum atomic E-state index is 14.0. The van der Waals surface area contributed by atoms with E-state index in [4.69, 9.17) is 78.4 Å². The molecule has 38 nitrogen and oxygen atoms in total. The Morgan fingerprint density at radius 1 is 0.640 bits per heavy atom. The summed E-state index contributed by atoms with van der Waals surface area (Å²) in [7, 11) is -5.80. The molecular formula is C61H107N6O32P. The monoisotopic (exact) mass is 1470 g/mol. The number of hydrogen-bond donors (Lipinski definition) is 18. The largest absolute Gasteiger partial charge is 0.479 e. The highest BCUT2D eigenvalue weighted by atomic mass is 31.2. The number of phosphoric acid groups is 1. The lowest BCUT2D eigenvalue weighted by atomic mass is 9.85. The van der Waals surface area contributed by atoms with Crippen molar-refractivity contribution in [2.75, 3.05) is 39.5 Å². The van der Waals surface area contributed by atoms with E-state index in [1.165, 1.54) is 45.4 Å². The van der Waals surface area contributed by atoms with Crippen LogP contribution in [0.2, 0.25) is 0 Å². The number of carboxylic acid groups (broad SMARTS) is 1. The molecule has 5 aliphatic heterocycles. The first-order valence-electron chi connectivity index (χ1n) is 33.4. The summed E-state index contributed by atoms with van der Waals surface area (Å²) in [5.41, 5.74) is 14.6. The molecule has 3 unspecified atom stereocenters. The number of phosphoric ester groups is 1. The van der Waals surface area contributed by atoms with Crippen LogP contribution in [0.1, 0.15) is 120 Å². The highest BCUT2D eigenvalue weighted by Crippen LogP contribution is 2.49. The van der Waals surface area contributed by atoms with E-state index in [0.29, 0.717) is 12.5 Å². The molecule has 5 amide bonds. The molecule has 0 saturated carbocycles. The van der Waals surface area contributed by atoms with E-state index in [9.17, 15) is 94.4 Å². The summed E-state index contributed by atoms with van der Waals surface area (Å²) in [5, 5.41) is 128. The van der Waals surface area contributed by atoms with Gasteiger partial charge in [0, 0.05) is 26.9 Å². The molecule has 5 aliphatic rings. The van der Waals surface area contributed by atoms with Crippen molar-refractivity contribution in [3.8, 4) is 0 Å². The maximum Gasteiger partial charge on any atom is 0.474 e. The number of carbonyl (C=O) groups excluding carboxylic acids is 5. The van der Waals surface area contributed by atoms with E-state index >= 15 is 0 Å². The van der Waals surface area contributed by atoms with Gasteiger partial charge < -0.3 is 146 Å². The number of primary amides is 3. The van der Waals surface area contributed by atoms with Crippen molar-refractivity contribution in [3.05, 3.63) is 11.6 Å². The number of aliphatic hydroxyl groups excluding tert-OH is 9. The number of nitrogens with two attached hydrogens (primary N) is 3. The second-order valence-electron chi connectivity index (χ2n) is 26.9. The number of aliphatic hydroxyl groups is 10. The van der Waals surface area contributed by atoms with Crippen LogP contribution in [0, 0.1) is 17.8 Å². The summed E-state index contributed by atoms with van der Waals surface area (Å²) in [4.78, 5) is 87.5. The van der Waals surface area contributed by atoms with Gasteiger partial charge in [-0.15, -0.1) is 0 Å². The van der Waals surface area contributed by atoms with Gasteiger partial charge in [0.05, 0.1) is 32.5 Å². The zero-order valence-electron chi connectivity index (χ0n) is 57.6. The van der Waals surface area contributed by atoms with E-state index in [1.807, 2.05) is 13.0 Å². The Hall–Kier alpha value is -4.37. The summed E-state index contributed by atoms with van der Waals surface area (Å²) >= 11 is 0. The first kappa shape index (κ1) is 86.3. The highest BCUT2D eigenvalue weighted by Gasteiger charge is 2.62. The average Bonchev–Trinajstić information content (AvgIpc) is 0.753. The number of aliphatic carboxylic acids is 1. The molecule has 0 bridgehead atoms. The zero-order chi connectivity index (χ0) is 74.8. The minimum absolute atomic E-state index is 0.110. The molecule has 100 heavy (non-hydrogen) atoms. The molecule has 5 fully saturated rings. The third kappa shape index (κ3) is 24.6. The van der Waals surface area contributed by atoms with Crippen LogP contribution in [-0.2, 0) is 89.7 Å². The van der Waals surface area contributed by atoms with Crippen molar-refractivity contribution >= 4 is 43.5 Å². The fourth-order valence-corrected chi connectivity index (χ4v) is 13.1. The van der Waals surface area contributed by atoms with Gasteiger partial charge in [-0.2, -0.15) is 0 Å². The quantitative estimate of drug-likeness (QED) is 0.0157. The first-order chi connectivity index (χ1) is 46.8. The van der Waals surface area contributed by atoms with Gasteiger partial charge >= 0.3 is 19.9 Å². The Bertz CT molecular complexity index is 2690. The molecule has 578 valence electrons. The predicted octanol–water partition coefficient (Wildman–Crippen LogP) is -4.54. The molecule has 0 aliphatic carbocycles. The van der Waals surface area contributed by atoms with Crippen LogP contribution < -0.4 is 33.2 Å². The van der Waals surface area contributed by atoms with Crippen LogP contribution in [0.5, 0.6) is 0 Å². The number of rotatable bonds is 39. The van der Waals surface area contributed by atoms with Crippen molar-refractivity contribution in [2.24, 2.45) is 35.0 Å². The Labute approximate surface area is 578 Å². The highest BCUT2D eigenvalue weighted by molar-refractivity contribution is 7.47. The molecule has 39 heteroatoms. The number of amides is 5. The first-order valence-corrected chi connectivity index (χ1v) is 34.9. The predicted molar refractivity (Wildman–Crippen MR) is 339 cm³/mol. The van der Waals surface area contributed by atoms with Gasteiger partial charge in [-0.25, -0.2) is 14.2 Å². The molecule has 0 spiro atoms. The number of nitrogens with one attached hydrogen (secondary N) is 3. The second kappa shape index (κ2) is 39.7. The number of allylic oxidation sites excluding steroid dienone is 1. The van der Waals surface area contributed by atoms with Crippen molar-refractivity contribution in [1.29, 1.82) is 0 Å². The fourth-order valence-electron chi connectivity index (χ4n) is 12.3. The van der Waals surface area contributed by atoms with Gasteiger partial charge in [-0.1, -0.05) is 84.3 Å². The third-order valence-electron chi connectivity index (χ3n) is 17.9. The molecule has 5 rings (SSSR count). The van der Waals surface area contributed by atoms with Gasteiger partial charge in [0.25, 0.3) is 0 Å². The van der Waals surface area contributed by atoms with Crippen LogP contribution in [-0.4, -0.2) is 295 Å². The van der Waals surface area contributed by atoms with E-state index in [-0.39, 0.29) is 13.2 Å². The van der Waals surface area contributed by atoms with Gasteiger partial charge in [0.1, 0.15) is 90.9 Å². The Morgan fingerprint density at radius 2 is 1.18 bits per heavy atom. The number of carboxylic acids is 1. The Morgan fingerprint density at radius 3 is 1.74 bits per heavy atom. The molecule has 0 aromatic carbocycles. The summed E-state index contributed by atoms with van der Waals surface area (Å²) < 4.78 is 88.1. The van der Waals surface area contributed by atoms with E-state index in [1.54, 1.807) is 0 Å². The van der Waals surface area contributed by atoms with Crippen LogP contribution in [0.15, 0.2) is 11.6 Å². The van der Waals surface area contributed by atoms with Crippen molar-refractivity contribution in [3.63, 3.8) is 0 Å². The molecule has 0 radical (unpaired) electrons. The lowest BCUT2D eigenvalue weighted by molar-refractivity contribution is -0.375. The van der Waals surface area contributed by atoms with E-state index in [2.05, 4.69) is 43.6 Å². The minimum atomic E-state index is -5.80. The summed E-state index contributed by atoms with van der Waals surface area (Å²) in [6, 6.07) is -3.89. The molecule has 0 aromatic heterocycles. The molecule has 21 N–H and O–H groups in total. The topological polar surface area (TPSA) is 596 Å².